The zero-order chi connectivity index (χ0) is 21.8. The average Bonchev–Trinajstić information content (AvgIpc) is 3.04. The van der Waals surface area contributed by atoms with Crippen LogP contribution < -0.4 is 10.4 Å². The third-order valence-corrected chi connectivity index (χ3v) is 5.41. The molecule has 0 amide bonds. The summed E-state index contributed by atoms with van der Waals surface area (Å²) < 4.78 is 22.4. The Balaban J connectivity index is 1.72. The van der Waals surface area contributed by atoms with Crippen molar-refractivity contribution >= 4 is 11.0 Å². The fourth-order valence-corrected chi connectivity index (χ4v) is 3.78. The summed E-state index contributed by atoms with van der Waals surface area (Å²) in [5.74, 6) is 0.318. The molecule has 30 heavy (non-hydrogen) atoms. The first-order valence-corrected chi connectivity index (χ1v) is 9.53. The lowest BCUT2D eigenvalue weighted by Crippen LogP contribution is -2.59. The summed E-state index contributed by atoms with van der Waals surface area (Å²) in [5, 5.41) is 50.9. The van der Waals surface area contributed by atoms with E-state index in [1.165, 1.54) is 26.0 Å². The Kier molecular flexibility index (Phi) is 5.35. The Hall–Kier alpha value is -2.05. The summed E-state index contributed by atoms with van der Waals surface area (Å²) in [6.07, 6.45) is -9.13. The lowest BCUT2D eigenvalue weighted by molar-refractivity contribution is -0.319. The monoisotopic (exact) mass is 424 g/mol. The number of hydrogen-bond donors (Lipinski definition) is 5. The van der Waals surface area contributed by atoms with E-state index in [1.807, 2.05) is 0 Å². The summed E-state index contributed by atoms with van der Waals surface area (Å²) in [6.45, 7) is 2.45. The van der Waals surface area contributed by atoms with E-state index in [0.717, 1.165) is 0 Å². The maximum atomic E-state index is 11.5. The standard InChI is InChI=1S/C20H24O10/c1-20(2,26)18-17(30-19-16(25)15(24)14(23)12(7-21)29-19)9-5-8-3-4-13(22)27-10(8)6-11(9)28-18/h3-6,12,14-19,21,23-26H,7H2,1-2H3/t12-,14-,15+,16-,17-,18+,19-/m1/s1. The average molecular weight is 424 g/mol. The molecule has 1 fully saturated rings. The number of fused-ring (bicyclic) bond motifs is 2. The van der Waals surface area contributed by atoms with Crippen molar-refractivity contribution in [2.45, 2.75) is 62.4 Å². The number of hydrogen-bond acceptors (Lipinski definition) is 10. The Labute approximate surface area is 170 Å². The van der Waals surface area contributed by atoms with Gasteiger partial charge < -0.3 is 44.2 Å². The predicted molar refractivity (Wildman–Crippen MR) is 101 cm³/mol. The fraction of sp³-hybridized carbons (Fsp3) is 0.550. The van der Waals surface area contributed by atoms with Crippen molar-refractivity contribution < 1.29 is 44.2 Å². The number of aliphatic hydroxyl groups excluding tert-OH is 4. The molecular weight excluding hydrogens is 400 g/mol. The molecule has 164 valence electrons. The van der Waals surface area contributed by atoms with Gasteiger partial charge in [0.05, 0.1) is 12.2 Å². The van der Waals surface area contributed by atoms with E-state index in [2.05, 4.69) is 0 Å². The Morgan fingerprint density at radius 3 is 2.50 bits per heavy atom. The highest BCUT2D eigenvalue weighted by Crippen LogP contribution is 2.45. The highest BCUT2D eigenvalue weighted by atomic mass is 16.7. The van der Waals surface area contributed by atoms with Gasteiger partial charge in [0, 0.05) is 23.1 Å². The normalized spacial score (nSPS) is 34.0. The third kappa shape index (κ3) is 3.60. The van der Waals surface area contributed by atoms with Gasteiger partial charge in [-0.3, -0.25) is 0 Å². The summed E-state index contributed by atoms with van der Waals surface area (Å²) in [7, 11) is 0. The second-order valence-corrected chi connectivity index (χ2v) is 8.13. The number of aliphatic hydroxyl groups is 5. The molecule has 10 heteroatoms. The molecule has 5 N–H and O–H groups in total. The predicted octanol–water partition coefficient (Wildman–Crippen LogP) is -0.818. The van der Waals surface area contributed by atoms with Gasteiger partial charge in [0.2, 0.25) is 0 Å². The summed E-state index contributed by atoms with van der Waals surface area (Å²) in [4.78, 5) is 11.5. The van der Waals surface area contributed by atoms with Gasteiger partial charge in [0.1, 0.15) is 41.9 Å². The molecule has 4 rings (SSSR count). The molecule has 0 unspecified atom stereocenters. The Morgan fingerprint density at radius 1 is 1.10 bits per heavy atom. The van der Waals surface area contributed by atoms with Crippen LogP contribution >= 0.6 is 0 Å². The summed E-state index contributed by atoms with van der Waals surface area (Å²) in [5.41, 5.74) is -1.09. The molecule has 2 aliphatic rings. The molecule has 0 saturated carbocycles. The molecule has 1 saturated heterocycles. The van der Waals surface area contributed by atoms with E-state index in [-0.39, 0.29) is 0 Å². The van der Waals surface area contributed by atoms with Crippen molar-refractivity contribution in [3.8, 4) is 5.75 Å². The molecule has 2 aliphatic heterocycles. The van der Waals surface area contributed by atoms with E-state index >= 15 is 0 Å². The molecule has 0 radical (unpaired) electrons. The van der Waals surface area contributed by atoms with Gasteiger partial charge in [-0.2, -0.15) is 0 Å². The van der Waals surface area contributed by atoms with Gasteiger partial charge >= 0.3 is 5.63 Å². The highest BCUT2D eigenvalue weighted by molar-refractivity contribution is 5.80. The molecule has 3 heterocycles. The summed E-state index contributed by atoms with van der Waals surface area (Å²) in [6, 6.07) is 6.03. The van der Waals surface area contributed by atoms with Crippen LogP contribution in [0.25, 0.3) is 11.0 Å². The maximum absolute atomic E-state index is 11.5. The van der Waals surface area contributed by atoms with Crippen LogP contribution in [0.5, 0.6) is 5.75 Å². The van der Waals surface area contributed by atoms with Crippen LogP contribution in [0.15, 0.2) is 33.5 Å². The topological polar surface area (TPSA) is 159 Å². The zero-order valence-electron chi connectivity index (χ0n) is 16.3. The first-order valence-electron chi connectivity index (χ1n) is 9.53. The van der Waals surface area contributed by atoms with E-state index in [1.54, 1.807) is 12.1 Å². The minimum Gasteiger partial charge on any atom is -0.484 e. The maximum Gasteiger partial charge on any atom is 0.336 e. The first kappa shape index (κ1) is 21.2. The van der Waals surface area contributed by atoms with E-state index in [9.17, 15) is 30.3 Å². The first-order chi connectivity index (χ1) is 14.1. The van der Waals surface area contributed by atoms with E-state index < -0.39 is 60.7 Å². The zero-order valence-corrected chi connectivity index (χ0v) is 16.3. The minimum absolute atomic E-state index is 0.296. The molecule has 7 atom stereocenters. The number of ether oxygens (including phenoxy) is 3. The van der Waals surface area contributed by atoms with Gasteiger partial charge in [0.25, 0.3) is 0 Å². The van der Waals surface area contributed by atoms with Crippen molar-refractivity contribution in [2.24, 2.45) is 0 Å². The van der Waals surface area contributed by atoms with Crippen molar-refractivity contribution in [2.75, 3.05) is 6.61 Å². The fourth-order valence-electron chi connectivity index (χ4n) is 3.78. The van der Waals surface area contributed by atoms with Gasteiger partial charge in [0.15, 0.2) is 12.4 Å². The van der Waals surface area contributed by atoms with Crippen LogP contribution in [0, 0.1) is 0 Å². The quantitative estimate of drug-likeness (QED) is 0.393. The van der Waals surface area contributed by atoms with Crippen LogP contribution in [0.1, 0.15) is 25.5 Å². The molecule has 1 aromatic carbocycles. The van der Waals surface area contributed by atoms with E-state index in [4.69, 9.17) is 18.6 Å². The van der Waals surface area contributed by atoms with Gasteiger partial charge in [-0.1, -0.05) is 0 Å². The van der Waals surface area contributed by atoms with Gasteiger partial charge in [-0.05, 0) is 26.0 Å². The Bertz CT molecular complexity index is 978. The van der Waals surface area contributed by atoms with Crippen LogP contribution in [-0.2, 0) is 9.47 Å². The largest absolute Gasteiger partial charge is 0.484 e. The molecule has 10 nitrogen and oxygen atoms in total. The molecule has 2 aromatic rings. The van der Waals surface area contributed by atoms with Crippen molar-refractivity contribution in [1.29, 1.82) is 0 Å². The number of rotatable bonds is 4. The lowest BCUT2D eigenvalue weighted by Gasteiger charge is -2.41. The molecular formula is C20H24O10. The lowest BCUT2D eigenvalue weighted by atomic mass is 9.93. The second kappa shape index (κ2) is 7.57. The number of benzene rings is 1. The van der Waals surface area contributed by atoms with Crippen LogP contribution in [0.2, 0.25) is 0 Å². The molecule has 0 spiro atoms. The smallest absolute Gasteiger partial charge is 0.336 e. The van der Waals surface area contributed by atoms with Crippen LogP contribution in [0.4, 0.5) is 0 Å². The van der Waals surface area contributed by atoms with Crippen molar-refractivity contribution in [3.05, 3.63) is 40.2 Å². The minimum atomic E-state index is -1.60. The third-order valence-electron chi connectivity index (χ3n) is 5.41. The van der Waals surface area contributed by atoms with E-state index in [0.29, 0.717) is 22.3 Å². The van der Waals surface area contributed by atoms with Crippen LogP contribution in [0.3, 0.4) is 0 Å². The van der Waals surface area contributed by atoms with Crippen molar-refractivity contribution in [1.82, 2.24) is 0 Å². The SMILES string of the molecule is CC(C)(O)[C@H]1Oc2cc3oc(=O)ccc3cc2[C@H]1O[C@H]1O[C@H](CO)[C@@H](O)[C@H](O)[C@H]1O. The van der Waals surface area contributed by atoms with Crippen LogP contribution in [-0.4, -0.2) is 74.6 Å². The molecule has 0 bridgehead atoms. The molecule has 1 aromatic heterocycles. The van der Waals surface area contributed by atoms with Gasteiger partial charge in [-0.25, -0.2) is 4.79 Å². The highest BCUT2D eigenvalue weighted by Gasteiger charge is 2.50. The Morgan fingerprint density at radius 2 is 1.83 bits per heavy atom. The van der Waals surface area contributed by atoms with Gasteiger partial charge in [-0.15, -0.1) is 0 Å². The van der Waals surface area contributed by atoms with Crippen molar-refractivity contribution in [3.63, 3.8) is 0 Å². The second-order valence-electron chi connectivity index (χ2n) is 8.13. The molecule has 0 aliphatic carbocycles. The summed E-state index contributed by atoms with van der Waals surface area (Å²) >= 11 is 0.